The number of carbonyl (C=O) groups is 2. The highest BCUT2D eigenvalue weighted by Gasteiger charge is 2.31. The maximum atomic E-state index is 11.9. The highest BCUT2D eigenvalue weighted by Crippen LogP contribution is 2.29. The van der Waals surface area contributed by atoms with Crippen molar-refractivity contribution in [1.29, 1.82) is 0 Å². The molecule has 0 aromatic carbocycles. The molecule has 0 bridgehead atoms. The van der Waals surface area contributed by atoms with Gasteiger partial charge in [0.25, 0.3) is 0 Å². The van der Waals surface area contributed by atoms with Crippen LogP contribution in [0, 0.1) is 6.92 Å². The molecule has 1 aliphatic heterocycles. The van der Waals surface area contributed by atoms with Crippen LogP contribution in [0.3, 0.4) is 0 Å². The summed E-state index contributed by atoms with van der Waals surface area (Å²) in [4.78, 5) is 27.5. The molecule has 3 rings (SSSR count). The van der Waals surface area contributed by atoms with Crippen LogP contribution in [0.4, 0.5) is 0 Å². The van der Waals surface area contributed by atoms with Crippen LogP contribution in [0.15, 0.2) is 12.1 Å². The average Bonchev–Trinajstić information content (AvgIpc) is 2.78. The molecule has 6 nitrogen and oxygen atoms in total. The number of aromatic nitrogens is 3. The average molecular weight is 288 g/mol. The molecule has 2 aromatic heterocycles. The Hall–Kier alpha value is -2.24. The number of hydrogen-bond acceptors (Lipinski definition) is 4. The number of pyridine rings is 1. The summed E-state index contributed by atoms with van der Waals surface area (Å²) < 4.78 is 1.68. The normalized spacial score (nSPS) is 18.2. The van der Waals surface area contributed by atoms with E-state index in [0.29, 0.717) is 18.5 Å². The molecule has 1 N–H and O–H groups in total. The molecule has 2 aromatic rings. The molecule has 1 unspecified atom stereocenters. The van der Waals surface area contributed by atoms with Gasteiger partial charge in [-0.2, -0.15) is 5.10 Å². The summed E-state index contributed by atoms with van der Waals surface area (Å²) in [6, 6.07) is 3.84. The molecule has 112 valence electrons. The lowest BCUT2D eigenvalue weighted by atomic mass is 9.93. The maximum Gasteiger partial charge on any atom is 0.235 e. The second-order valence-electron chi connectivity index (χ2n) is 4.84. The molecule has 1 atom stereocenters. The zero-order valence-electron chi connectivity index (χ0n) is 12.8. The van der Waals surface area contributed by atoms with E-state index in [9.17, 15) is 9.59 Å². The highest BCUT2D eigenvalue weighted by molar-refractivity contribution is 6.02. The standard InChI is InChI=1S/C13H14N4O2.C2H6/c1-7-3-4-8-11(16-17(2)12(8)14-7)9-5-6-10(18)15-13(9)19;1-2/h3-4,9H,5-6H2,1-2H3,(H,15,18,19);1-2H3. The van der Waals surface area contributed by atoms with Gasteiger partial charge < -0.3 is 0 Å². The summed E-state index contributed by atoms with van der Waals surface area (Å²) in [5.41, 5.74) is 2.38. The van der Waals surface area contributed by atoms with Crippen molar-refractivity contribution in [2.75, 3.05) is 0 Å². The number of nitrogens with one attached hydrogen (secondary N) is 1. The Balaban J connectivity index is 0.000000774. The van der Waals surface area contributed by atoms with Crippen LogP contribution >= 0.6 is 0 Å². The van der Waals surface area contributed by atoms with Gasteiger partial charge >= 0.3 is 0 Å². The summed E-state index contributed by atoms with van der Waals surface area (Å²) in [6.45, 7) is 5.91. The first-order chi connectivity index (χ1) is 10.1. The molecule has 1 saturated heterocycles. The molecule has 0 radical (unpaired) electrons. The summed E-state index contributed by atoms with van der Waals surface area (Å²) in [5.74, 6) is -0.849. The predicted molar refractivity (Wildman–Crippen MR) is 79.7 cm³/mol. The summed E-state index contributed by atoms with van der Waals surface area (Å²) in [5, 5.41) is 7.66. The van der Waals surface area contributed by atoms with E-state index in [1.165, 1.54) is 0 Å². The first-order valence-corrected chi connectivity index (χ1v) is 7.20. The van der Waals surface area contributed by atoms with E-state index in [-0.39, 0.29) is 17.7 Å². The minimum Gasteiger partial charge on any atom is -0.296 e. The fourth-order valence-corrected chi connectivity index (χ4v) is 2.46. The third-order valence-corrected chi connectivity index (χ3v) is 3.42. The van der Waals surface area contributed by atoms with E-state index in [4.69, 9.17) is 0 Å². The quantitative estimate of drug-likeness (QED) is 0.812. The Kier molecular flexibility index (Phi) is 4.35. The van der Waals surface area contributed by atoms with Crippen LogP contribution in [-0.2, 0) is 16.6 Å². The predicted octanol–water partition coefficient (Wildman–Crippen LogP) is 1.82. The number of amides is 2. The lowest BCUT2D eigenvalue weighted by molar-refractivity contribution is -0.134. The van der Waals surface area contributed by atoms with Crippen molar-refractivity contribution in [3.8, 4) is 0 Å². The molecule has 0 aliphatic carbocycles. The molecule has 0 spiro atoms. The number of carbonyl (C=O) groups excluding carboxylic acids is 2. The Bertz CT molecular complexity index is 690. The van der Waals surface area contributed by atoms with E-state index < -0.39 is 0 Å². The zero-order valence-corrected chi connectivity index (χ0v) is 12.8. The first kappa shape index (κ1) is 15.2. The van der Waals surface area contributed by atoms with Crippen molar-refractivity contribution < 1.29 is 9.59 Å². The van der Waals surface area contributed by atoms with Crippen LogP contribution in [0.25, 0.3) is 11.0 Å². The molecule has 6 heteroatoms. The third kappa shape index (κ3) is 2.79. The summed E-state index contributed by atoms with van der Waals surface area (Å²) >= 11 is 0. The molecule has 3 heterocycles. The van der Waals surface area contributed by atoms with Crippen molar-refractivity contribution >= 4 is 22.8 Å². The number of aryl methyl sites for hydroxylation is 2. The van der Waals surface area contributed by atoms with E-state index in [2.05, 4.69) is 15.4 Å². The molecule has 1 fully saturated rings. The van der Waals surface area contributed by atoms with Gasteiger partial charge in [0.05, 0.1) is 11.6 Å². The highest BCUT2D eigenvalue weighted by atomic mass is 16.2. The first-order valence-electron chi connectivity index (χ1n) is 7.20. The maximum absolute atomic E-state index is 11.9. The number of piperidine rings is 1. The van der Waals surface area contributed by atoms with Gasteiger partial charge in [-0.1, -0.05) is 13.8 Å². The monoisotopic (exact) mass is 288 g/mol. The van der Waals surface area contributed by atoms with Crippen molar-refractivity contribution in [3.63, 3.8) is 0 Å². The summed E-state index contributed by atoms with van der Waals surface area (Å²) in [6.07, 6.45) is 0.860. The van der Waals surface area contributed by atoms with Gasteiger partial charge in [-0.3, -0.25) is 19.6 Å². The van der Waals surface area contributed by atoms with Gasteiger partial charge in [-0.15, -0.1) is 0 Å². The Morgan fingerprint density at radius 3 is 2.67 bits per heavy atom. The number of rotatable bonds is 1. The number of imide groups is 1. The lowest BCUT2D eigenvalue weighted by Gasteiger charge is -2.19. The zero-order chi connectivity index (χ0) is 15.6. The molecule has 1 aliphatic rings. The second-order valence-corrected chi connectivity index (χ2v) is 4.84. The Morgan fingerprint density at radius 1 is 1.29 bits per heavy atom. The molecule has 0 saturated carbocycles. The van der Waals surface area contributed by atoms with Crippen molar-refractivity contribution in [3.05, 3.63) is 23.5 Å². The molecule has 2 amide bonds. The van der Waals surface area contributed by atoms with Crippen LogP contribution in [0.2, 0.25) is 0 Å². The van der Waals surface area contributed by atoms with Gasteiger partial charge in [0.2, 0.25) is 11.8 Å². The smallest absolute Gasteiger partial charge is 0.235 e. The van der Waals surface area contributed by atoms with Gasteiger partial charge in [0, 0.05) is 24.5 Å². The largest absolute Gasteiger partial charge is 0.296 e. The van der Waals surface area contributed by atoms with Crippen LogP contribution in [0.1, 0.15) is 44.0 Å². The number of fused-ring (bicyclic) bond motifs is 1. The lowest BCUT2D eigenvalue weighted by Crippen LogP contribution is -2.39. The SMILES string of the molecule is CC.Cc1ccc2c(C3CCC(=O)NC3=O)nn(C)c2n1. The van der Waals surface area contributed by atoms with Crippen LogP contribution < -0.4 is 5.32 Å². The molecule has 21 heavy (non-hydrogen) atoms. The van der Waals surface area contributed by atoms with E-state index in [0.717, 1.165) is 16.7 Å². The Morgan fingerprint density at radius 2 is 2.00 bits per heavy atom. The number of hydrogen-bond donors (Lipinski definition) is 1. The van der Waals surface area contributed by atoms with Gasteiger partial charge in [0.1, 0.15) is 0 Å². The van der Waals surface area contributed by atoms with E-state index in [1.807, 2.05) is 40.0 Å². The van der Waals surface area contributed by atoms with E-state index >= 15 is 0 Å². The van der Waals surface area contributed by atoms with Crippen molar-refractivity contribution in [2.24, 2.45) is 7.05 Å². The van der Waals surface area contributed by atoms with Crippen LogP contribution in [-0.4, -0.2) is 26.6 Å². The third-order valence-electron chi connectivity index (χ3n) is 3.42. The van der Waals surface area contributed by atoms with E-state index in [1.54, 1.807) is 4.68 Å². The topological polar surface area (TPSA) is 76.9 Å². The van der Waals surface area contributed by atoms with Crippen LogP contribution in [0.5, 0.6) is 0 Å². The van der Waals surface area contributed by atoms with Gasteiger partial charge in [-0.05, 0) is 25.5 Å². The molecular weight excluding hydrogens is 268 g/mol. The second kappa shape index (κ2) is 6.03. The molecular formula is C15H20N4O2. The minimum absolute atomic E-state index is 0.213. The van der Waals surface area contributed by atoms with Gasteiger partial charge in [-0.25, -0.2) is 4.98 Å². The van der Waals surface area contributed by atoms with Gasteiger partial charge in [0.15, 0.2) is 5.65 Å². The Labute approximate surface area is 123 Å². The summed E-state index contributed by atoms with van der Waals surface area (Å²) in [7, 11) is 1.81. The minimum atomic E-state index is -0.370. The fourth-order valence-electron chi connectivity index (χ4n) is 2.46. The van der Waals surface area contributed by atoms with Crippen molar-refractivity contribution in [2.45, 2.75) is 39.5 Å². The number of nitrogens with zero attached hydrogens (tertiary/aromatic N) is 3. The van der Waals surface area contributed by atoms with Crippen molar-refractivity contribution in [1.82, 2.24) is 20.1 Å². The fraction of sp³-hybridized carbons (Fsp3) is 0.467.